The topological polar surface area (TPSA) is 74.8 Å². The molecule has 1 unspecified atom stereocenters. The molecule has 0 bridgehead atoms. The molecule has 0 radical (unpaired) electrons. The van der Waals surface area contributed by atoms with Crippen LogP contribution in [0.5, 0.6) is 5.75 Å². The van der Waals surface area contributed by atoms with E-state index < -0.39 is 0 Å². The highest BCUT2D eigenvalue weighted by Gasteiger charge is 2.25. The predicted octanol–water partition coefficient (Wildman–Crippen LogP) is 3.79. The van der Waals surface area contributed by atoms with E-state index in [-0.39, 0.29) is 24.3 Å². The highest BCUT2D eigenvalue weighted by atomic mass is 32.1. The van der Waals surface area contributed by atoms with Gasteiger partial charge in [-0.3, -0.25) is 14.5 Å². The van der Waals surface area contributed by atoms with Gasteiger partial charge in [-0.2, -0.15) is 0 Å². The molecule has 33 heavy (non-hydrogen) atoms. The minimum Gasteiger partial charge on any atom is -0.497 e. The van der Waals surface area contributed by atoms with Crippen LogP contribution >= 0.6 is 22.7 Å². The maximum absolute atomic E-state index is 12.9. The molecule has 0 spiro atoms. The number of aromatic nitrogens is 1. The molecule has 1 aliphatic heterocycles. The van der Waals surface area contributed by atoms with Crippen molar-refractivity contribution in [3.8, 4) is 16.3 Å². The Kier molecular flexibility index (Phi) is 7.74. The zero-order valence-electron chi connectivity index (χ0n) is 18.8. The maximum Gasteiger partial charge on any atom is 0.225 e. The normalized spacial score (nSPS) is 15.3. The minimum atomic E-state index is -0.264. The summed E-state index contributed by atoms with van der Waals surface area (Å²) in [7, 11) is 1.66. The number of nitrogens with zero attached hydrogens (tertiary/aromatic N) is 3. The monoisotopic (exact) mass is 484 g/mol. The van der Waals surface area contributed by atoms with Gasteiger partial charge in [-0.15, -0.1) is 22.7 Å². The van der Waals surface area contributed by atoms with Crippen LogP contribution in [0.2, 0.25) is 0 Å². The molecule has 0 aliphatic carbocycles. The van der Waals surface area contributed by atoms with Crippen molar-refractivity contribution in [1.29, 1.82) is 0 Å². The fraction of sp³-hybridized carbons (Fsp3) is 0.375. The van der Waals surface area contributed by atoms with E-state index in [0.717, 1.165) is 46.5 Å². The first-order valence-electron chi connectivity index (χ1n) is 10.9. The Balaban J connectivity index is 1.28. The fourth-order valence-corrected chi connectivity index (χ4v) is 5.49. The van der Waals surface area contributed by atoms with Crippen LogP contribution in [0.1, 0.15) is 30.0 Å². The van der Waals surface area contributed by atoms with Crippen molar-refractivity contribution in [3.05, 3.63) is 57.7 Å². The van der Waals surface area contributed by atoms with Crippen molar-refractivity contribution < 1.29 is 14.3 Å². The standard InChI is InChI=1S/C24H28N4O3S2/c1-17(29)25-21(22-4-3-13-32-22)14-23(30)28-11-9-27(10-12-28)15-19-16-33-24(26-19)18-5-7-20(31-2)8-6-18/h3-8,13,16,21H,9-12,14-15H2,1-2H3,(H,25,29). The number of amides is 2. The lowest BCUT2D eigenvalue weighted by Crippen LogP contribution is -2.49. The molecule has 1 aromatic carbocycles. The Labute approximate surface area is 202 Å². The fourth-order valence-electron chi connectivity index (χ4n) is 3.89. The largest absolute Gasteiger partial charge is 0.497 e. The van der Waals surface area contributed by atoms with Gasteiger partial charge in [0.25, 0.3) is 0 Å². The first-order valence-corrected chi connectivity index (χ1v) is 12.7. The van der Waals surface area contributed by atoms with Crippen molar-refractivity contribution >= 4 is 34.5 Å². The summed E-state index contributed by atoms with van der Waals surface area (Å²) in [5.74, 6) is 0.794. The number of ether oxygens (including phenoxy) is 1. The Morgan fingerprint density at radius 3 is 2.52 bits per heavy atom. The summed E-state index contributed by atoms with van der Waals surface area (Å²) in [5.41, 5.74) is 2.14. The molecular formula is C24H28N4O3S2. The number of benzene rings is 1. The van der Waals surface area contributed by atoms with E-state index in [0.29, 0.717) is 13.1 Å². The molecule has 3 heterocycles. The maximum atomic E-state index is 12.9. The molecule has 1 saturated heterocycles. The summed E-state index contributed by atoms with van der Waals surface area (Å²) in [4.78, 5) is 34.5. The zero-order chi connectivity index (χ0) is 23.2. The molecule has 174 valence electrons. The number of thiazole rings is 1. The third kappa shape index (κ3) is 6.19. The van der Waals surface area contributed by atoms with Crippen LogP contribution in [0.3, 0.4) is 0 Å². The number of piperazine rings is 1. The summed E-state index contributed by atoms with van der Waals surface area (Å²) in [6.45, 7) is 5.26. The second-order valence-electron chi connectivity index (χ2n) is 8.00. The van der Waals surface area contributed by atoms with Gasteiger partial charge in [0.05, 0.1) is 25.3 Å². The van der Waals surface area contributed by atoms with E-state index in [2.05, 4.69) is 15.6 Å². The lowest BCUT2D eigenvalue weighted by atomic mass is 10.1. The van der Waals surface area contributed by atoms with Crippen LogP contribution in [-0.4, -0.2) is 59.9 Å². The van der Waals surface area contributed by atoms with Gasteiger partial charge in [0.15, 0.2) is 0 Å². The van der Waals surface area contributed by atoms with Crippen LogP contribution in [0.15, 0.2) is 47.2 Å². The number of methoxy groups -OCH3 is 1. The minimum absolute atomic E-state index is 0.0808. The smallest absolute Gasteiger partial charge is 0.225 e. The van der Waals surface area contributed by atoms with E-state index in [1.807, 2.05) is 46.7 Å². The Morgan fingerprint density at radius 2 is 1.88 bits per heavy atom. The number of rotatable bonds is 8. The Hall–Kier alpha value is -2.75. The zero-order valence-corrected chi connectivity index (χ0v) is 20.5. The second-order valence-corrected chi connectivity index (χ2v) is 9.84. The molecule has 7 nitrogen and oxygen atoms in total. The van der Waals surface area contributed by atoms with Crippen LogP contribution in [-0.2, 0) is 16.1 Å². The number of nitrogens with one attached hydrogen (secondary N) is 1. The van der Waals surface area contributed by atoms with Gasteiger partial charge >= 0.3 is 0 Å². The summed E-state index contributed by atoms with van der Waals surface area (Å²) in [6, 6.07) is 11.6. The van der Waals surface area contributed by atoms with Gasteiger partial charge in [-0.1, -0.05) is 6.07 Å². The lowest BCUT2D eigenvalue weighted by molar-refractivity contribution is -0.133. The third-order valence-corrected chi connectivity index (χ3v) is 7.57. The first kappa shape index (κ1) is 23.4. The Bertz CT molecular complexity index is 1060. The van der Waals surface area contributed by atoms with Crippen LogP contribution < -0.4 is 10.1 Å². The molecule has 3 aromatic rings. The molecule has 4 rings (SSSR count). The lowest BCUT2D eigenvalue weighted by Gasteiger charge is -2.35. The highest BCUT2D eigenvalue weighted by Crippen LogP contribution is 2.27. The van der Waals surface area contributed by atoms with E-state index in [9.17, 15) is 9.59 Å². The van der Waals surface area contributed by atoms with Crippen molar-refractivity contribution in [2.24, 2.45) is 0 Å². The molecule has 9 heteroatoms. The van der Waals surface area contributed by atoms with Crippen molar-refractivity contribution in [2.45, 2.75) is 25.9 Å². The number of hydrogen-bond acceptors (Lipinski definition) is 7. The quantitative estimate of drug-likeness (QED) is 0.527. The van der Waals surface area contributed by atoms with Gasteiger partial charge in [-0.25, -0.2) is 4.98 Å². The summed E-state index contributed by atoms with van der Waals surface area (Å²) in [5, 5.41) is 7.99. The average molecular weight is 485 g/mol. The van der Waals surface area contributed by atoms with E-state index >= 15 is 0 Å². The van der Waals surface area contributed by atoms with Gasteiger partial charge in [-0.05, 0) is 35.7 Å². The molecule has 1 aliphatic rings. The SMILES string of the molecule is COc1ccc(-c2nc(CN3CCN(C(=O)CC(NC(C)=O)c4cccs4)CC3)cs2)cc1. The van der Waals surface area contributed by atoms with Gasteiger partial charge in [0.1, 0.15) is 10.8 Å². The highest BCUT2D eigenvalue weighted by molar-refractivity contribution is 7.13. The van der Waals surface area contributed by atoms with E-state index in [4.69, 9.17) is 9.72 Å². The molecule has 2 aromatic heterocycles. The second kappa shape index (κ2) is 10.9. The number of hydrogen-bond donors (Lipinski definition) is 1. The first-order chi connectivity index (χ1) is 16.0. The average Bonchev–Trinajstić information content (AvgIpc) is 3.51. The van der Waals surface area contributed by atoms with Crippen LogP contribution in [0, 0.1) is 0 Å². The van der Waals surface area contributed by atoms with Gasteiger partial charge in [0, 0.05) is 55.5 Å². The molecule has 1 atom stereocenters. The number of thiophene rings is 1. The molecule has 1 N–H and O–H groups in total. The van der Waals surface area contributed by atoms with Crippen LogP contribution in [0.4, 0.5) is 0 Å². The number of carbonyl (C=O) groups excluding carboxylic acids is 2. The van der Waals surface area contributed by atoms with Crippen LogP contribution in [0.25, 0.3) is 10.6 Å². The summed E-state index contributed by atoms with van der Waals surface area (Å²) >= 11 is 3.20. The van der Waals surface area contributed by atoms with Crippen molar-refractivity contribution in [1.82, 2.24) is 20.1 Å². The Morgan fingerprint density at radius 1 is 1.12 bits per heavy atom. The van der Waals surface area contributed by atoms with Crippen molar-refractivity contribution in [3.63, 3.8) is 0 Å². The molecular weight excluding hydrogens is 456 g/mol. The van der Waals surface area contributed by atoms with E-state index in [1.54, 1.807) is 29.8 Å². The predicted molar refractivity (Wildman–Crippen MR) is 131 cm³/mol. The molecule has 1 fully saturated rings. The number of carbonyl (C=O) groups is 2. The van der Waals surface area contributed by atoms with Gasteiger partial charge in [0.2, 0.25) is 11.8 Å². The summed E-state index contributed by atoms with van der Waals surface area (Å²) in [6.07, 6.45) is 0.289. The third-order valence-electron chi connectivity index (χ3n) is 5.64. The molecule has 2 amide bonds. The summed E-state index contributed by atoms with van der Waals surface area (Å²) < 4.78 is 5.22. The molecule has 0 saturated carbocycles. The van der Waals surface area contributed by atoms with Crippen molar-refractivity contribution in [2.75, 3.05) is 33.3 Å². The van der Waals surface area contributed by atoms with Gasteiger partial charge < -0.3 is 15.0 Å². The van der Waals surface area contributed by atoms with E-state index in [1.165, 1.54) is 6.92 Å².